The maximum atomic E-state index is 11.4. The molecule has 0 spiro atoms. The maximum Gasteiger partial charge on any atom is 0.273 e. The zero-order chi connectivity index (χ0) is 12.0. The van der Waals surface area contributed by atoms with Crippen molar-refractivity contribution >= 4 is 5.91 Å². The number of nitrogens with zero attached hydrogens (tertiary/aromatic N) is 3. The summed E-state index contributed by atoms with van der Waals surface area (Å²) in [6, 6.07) is 0. The number of aromatic nitrogens is 3. The Morgan fingerprint density at radius 1 is 1.62 bits per heavy atom. The molecule has 2 N–H and O–H groups in total. The SMILES string of the molecule is CC(C)CCn1cc(C(=O)NCCO)nn1. The van der Waals surface area contributed by atoms with Crippen LogP contribution in [0.3, 0.4) is 0 Å². The third kappa shape index (κ3) is 3.98. The van der Waals surface area contributed by atoms with Gasteiger partial charge in [0.1, 0.15) is 0 Å². The number of nitrogens with one attached hydrogen (secondary N) is 1. The Morgan fingerprint density at radius 2 is 2.38 bits per heavy atom. The third-order valence-electron chi connectivity index (χ3n) is 2.10. The van der Waals surface area contributed by atoms with E-state index in [2.05, 4.69) is 29.5 Å². The van der Waals surface area contributed by atoms with Crippen LogP contribution in [-0.4, -0.2) is 39.2 Å². The van der Waals surface area contributed by atoms with Gasteiger partial charge in [-0.2, -0.15) is 0 Å². The maximum absolute atomic E-state index is 11.4. The summed E-state index contributed by atoms with van der Waals surface area (Å²) in [5.74, 6) is 0.292. The Morgan fingerprint density at radius 3 is 3.00 bits per heavy atom. The highest BCUT2D eigenvalue weighted by Gasteiger charge is 2.09. The van der Waals surface area contributed by atoms with Crippen LogP contribution in [0.25, 0.3) is 0 Å². The zero-order valence-corrected chi connectivity index (χ0v) is 9.68. The van der Waals surface area contributed by atoms with Crippen molar-refractivity contribution in [2.45, 2.75) is 26.8 Å². The van der Waals surface area contributed by atoms with Crippen LogP contribution in [0.4, 0.5) is 0 Å². The molecule has 1 amide bonds. The summed E-state index contributed by atoms with van der Waals surface area (Å²) in [4.78, 5) is 11.4. The van der Waals surface area contributed by atoms with E-state index in [1.165, 1.54) is 0 Å². The summed E-state index contributed by atoms with van der Waals surface area (Å²) in [5, 5.41) is 18.7. The van der Waals surface area contributed by atoms with Gasteiger partial charge in [-0.3, -0.25) is 9.48 Å². The second kappa shape index (κ2) is 6.22. The lowest BCUT2D eigenvalue weighted by atomic mass is 10.1. The Hall–Kier alpha value is -1.43. The molecule has 90 valence electrons. The minimum absolute atomic E-state index is 0.0762. The molecular weight excluding hydrogens is 208 g/mol. The van der Waals surface area contributed by atoms with Crippen LogP contribution in [0, 0.1) is 5.92 Å². The standard InChI is InChI=1S/C10H18N4O2/c1-8(2)3-5-14-7-9(12-13-14)10(16)11-4-6-15/h7-8,15H,3-6H2,1-2H3,(H,11,16). The van der Waals surface area contributed by atoms with Crippen LogP contribution in [0.1, 0.15) is 30.8 Å². The highest BCUT2D eigenvalue weighted by atomic mass is 16.3. The number of carbonyl (C=O) groups excluding carboxylic acids is 1. The summed E-state index contributed by atoms with van der Waals surface area (Å²) in [6.45, 7) is 5.18. The number of aliphatic hydroxyl groups is 1. The van der Waals surface area contributed by atoms with Crippen LogP contribution in [0.15, 0.2) is 6.20 Å². The summed E-state index contributed by atoms with van der Waals surface area (Å²) < 4.78 is 1.66. The fourth-order valence-electron chi connectivity index (χ4n) is 1.16. The lowest BCUT2D eigenvalue weighted by Gasteiger charge is -2.02. The summed E-state index contributed by atoms with van der Waals surface area (Å²) in [7, 11) is 0. The molecule has 0 aliphatic heterocycles. The van der Waals surface area contributed by atoms with E-state index < -0.39 is 0 Å². The van der Waals surface area contributed by atoms with Gasteiger partial charge in [0.2, 0.25) is 0 Å². The van der Waals surface area contributed by atoms with Gasteiger partial charge in [-0.25, -0.2) is 0 Å². The normalized spacial score (nSPS) is 10.8. The predicted octanol–water partition coefficient (Wildman–Crippen LogP) is 0.0463. The largest absolute Gasteiger partial charge is 0.395 e. The second-order valence-corrected chi connectivity index (χ2v) is 4.03. The molecule has 0 saturated heterocycles. The highest BCUT2D eigenvalue weighted by molar-refractivity contribution is 5.91. The highest BCUT2D eigenvalue weighted by Crippen LogP contribution is 2.02. The lowest BCUT2D eigenvalue weighted by molar-refractivity contribution is 0.0939. The van der Waals surface area contributed by atoms with Crippen molar-refractivity contribution in [1.29, 1.82) is 0 Å². The van der Waals surface area contributed by atoms with Crippen molar-refractivity contribution in [2.24, 2.45) is 5.92 Å². The van der Waals surface area contributed by atoms with Crippen molar-refractivity contribution in [3.8, 4) is 0 Å². The Labute approximate surface area is 94.7 Å². The molecule has 0 saturated carbocycles. The van der Waals surface area contributed by atoms with E-state index in [9.17, 15) is 4.79 Å². The number of amides is 1. The molecule has 0 aliphatic rings. The van der Waals surface area contributed by atoms with Gasteiger partial charge in [0.15, 0.2) is 5.69 Å². The number of hydrogen-bond donors (Lipinski definition) is 2. The summed E-state index contributed by atoms with van der Waals surface area (Å²) >= 11 is 0. The number of carbonyl (C=O) groups is 1. The Kier molecular flexibility index (Phi) is 4.91. The molecule has 0 radical (unpaired) electrons. The minimum atomic E-state index is -0.301. The average Bonchev–Trinajstić information content (AvgIpc) is 2.71. The molecule has 0 fully saturated rings. The smallest absolute Gasteiger partial charge is 0.273 e. The predicted molar refractivity (Wildman–Crippen MR) is 58.9 cm³/mol. The first-order chi connectivity index (χ1) is 7.63. The van der Waals surface area contributed by atoms with Crippen molar-refractivity contribution in [2.75, 3.05) is 13.2 Å². The number of rotatable bonds is 6. The van der Waals surface area contributed by atoms with Gasteiger partial charge in [-0.15, -0.1) is 5.10 Å². The van der Waals surface area contributed by atoms with Crippen molar-refractivity contribution in [1.82, 2.24) is 20.3 Å². The van der Waals surface area contributed by atoms with E-state index in [0.29, 0.717) is 5.92 Å². The topological polar surface area (TPSA) is 80.0 Å². The third-order valence-corrected chi connectivity index (χ3v) is 2.10. The summed E-state index contributed by atoms with van der Waals surface area (Å²) in [5.41, 5.74) is 0.289. The molecule has 1 aromatic rings. The molecule has 0 aromatic carbocycles. The van der Waals surface area contributed by atoms with Gasteiger partial charge in [0, 0.05) is 13.1 Å². The van der Waals surface area contributed by atoms with Crippen LogP contribution in [-0.2, 0) is 6.54 Å². The second-order valence-electron chi connectivity index (χ2n) is 4.03. The first-order valence-corrected chi connectivity index (χ1v) is 5.42. The molecule has 16 heavy (non-hydrogen) atoms. The lowest BCUT2D eigenvalue weighted by Crippen LogP contribution is -2.26. The van der Waals surface area contributed by atoms with Gasteiger partial charge in [0.25, 0.3) is 5.91 Å². The van der Waals surface area contributed by atoms with Gasteiger partial charge in [0.05, 0.1) is 12.8 Å². The molecule has 0 bridgehead atoms. The van der Waals surface area contributed by atoms with E-state index >= 15 is 0 Å². The first-order valence-electron chi connectivity index (χ1n) is 5.42. The number of aryl methyl sites for hydroxylation is 1. The molecule has 1 aromatic heterocycles. The molecule has 0 unspecified atom stereocenters. The zero-order valence-electron chi connectivity index (χ0n) is 9.68. The van der Waals surface area contributed by atoms with Crippen LogP contribution < -0.4 is 5.32 Å². The molecule has 6 heteroatoms. The Balaban J connectivity index is 2.47. The van der Waals surface area contributed by atoms with Crippen LogP contribution in [0.5, 0.6) is 0 Å². The van der Waals surface area contributed by atoms with Crippen molar-refractivity contribution in [3.63, 3.8) is 0 Å². The first kappa shape index (κ1) is 12.6. The van der Waals surface area contributed by atoms with Crippen molar-refractivity contribution in [3.05, 3.63) is 11.9 Å². The Bertz CT molecular complexity index is 335. The average molecular weight is 226 g/mol. The molecule has 6 nitrogen and oxygen atoms in total. The van der Waals surface area contributed by atoms with Gasteiger partial charge in [-0.05, 0) is 12.3 Å². The van der Waals surface area contributed by atoms with Crippen LogP contribution in [0.2, 0.25) is 0 Å². The van der Waals surface area contributed by atoms with Crippen molar-refractivity contribution < 1.29 is 9.90 Å². The van der Waals surface area contributed by atoms with Gasteiger partial charge in [-0.1, -0.05) is 19.1 Å². The number of aliphatic hydroxyl groups excluding tert-OH is 1. The van der Waals surface area contributed by atoms with Crippen LogP contribution >= 0.6 is 0 Å². The van der Waals surface area contributed by atoms with E-state index in [-0.39, 0.29) is 24.8 Å². The van der Waals surface area contributed by atoms with E-state index in [1.807, 2.05) is 0 Å². The van der Waals surface area contributed by atoms with E-state index in [4.69, 9.17) is 5.11 Å². The monoisotopic (exact) mass is 226 g/mol. The summed E-state index contributed by atoms with van der Waals surface area (Å²) in [6.07, 6.45) is 2.62. The van der Waals surface area contributed by atoms with Gasteiger partial charge >= 0.3 is 0 Å². The minimum Gasteiger partial charge on any atom is -0.395 e. The quantitative estimate of drug-likeness (QED) is 0.718. The molecule has 0 aliphatic carbocycles. The molecule has 1 heterocycles. The van der Waals surface area contributed by atoms with E-state index in [0.717, 1.165) is 13.0 Å². The molecule has 0 atom stereocenters. The molecular formula is C10H18N4O2. The fourth-order valence-corrected chi connectivity index (χ4v) is 1.16. The van der Waals surface area contributed by atoms with Gasteiger partial charge < -0.3 is 10.4 Å². The fraction of sp³-hybridized carbons (Fsp3) is 0.700. The number of hydrogen-bond acceptors (Lipinski definition) is 4. The van der Waals surface area contributed by atoms with E-state index in [1.54, 1.807) is 10.9 Å². The molecule has 1 rings (SSSR count).